The SMILES string of the molecule is Cl.N#Cc1ccc(S(=O)(=O)N(CCCN)Cc2ccccc2)cc1C(F)(F)F. The highest BCUT2D eigenvalue weighted by molar-refractivity contribution is 7.89. The topological polar surface area (TPSA) is 87.2 Å². The smallest absolute Gasteiger partial charge is 0.330 e. The minimum atomic E-state index is -4.84. The van der Waals surface area contributed by atoms with Gasteiger partial charge < -0.3 is 5.73 Å². The fourth-order valence-electron chi connectivity index (χ4n) is 2.50. The summed E-state index contributed by atoms with van der Waals surface area (Å²) in [6, 6.07) is 12.6. The van der Waals surface area contributed by atoms with Crippen LogP contribution in [-0.4, -0.2) is 25.8 Å². The van der Waals surface area contributed by atoms with Gasteiger partial charge in [0, 0.05) is 13.1 Å². The van der Waals surface area contributed by atoms with E-state index in [0.717, 1.165) is 16.4 Å². The molecule has 0 radical (unpaired) electrons. The van der Waals surface area contributed by atoms with Crippen LogP contribution < -0.4 is 5.73 Å². The first kappa shape index (κ1) is 23.9. The van der Waals surface area contributed by atoms with E-state index in [0.29, 0.717) is 18.1 Å². The van der Waals surface area contributed by atoms with Crippen molar-refractivity contribution >= 4 is 22.4 Å². The number of nitrogens with two attached hydrogens (primary N) is 1. The Morgan fingerprint density at radius 3 is 2.29 bits per heavy atom. The molecule has 0 amide bonds. The highest BCUT2D eigenvalue weighted by atomic mass is 35.5. The number of sulfonamides is 1. The molecule has 0 heterocycles. The van der Waals surface area contributed by atoms with Gasteiger partial charge in [-0.25, -0.2) is 8.42 Å². The lowest BCUT2D eigenvalue weighted by molar-refractivity contribution is -0.137. The Hall–Kier alpha value is -2.12. The molecular formula is C18H19ClF3N3O2S. The van der Waals surface area contributed by atoms with Crippen molar-refractivity contribution in [2.45, 2.75) is 24.0 Å². The van der Waals surface area contributed by atoms with E-state index in [-0.39, 0.29) is 32.0 Å². The van der Waals surface area contributed by atoms with Crippen LogP contribution in [0.3, 0.4) is 0 Å². The second-order valence-electron chi connectivity index (χ2n) is 5.78. The summed E-state index contributed by atoms with van der Waals surface area (Å²) in [6.45, 7) is 0.307. The molecule has 0 spiro atoms. The Morgan fingerprint density at radius 1 is 1.11 bits per heavy atom. The molecule has 2 N–H and O–H groups in total. The first-order chi connectivity index (χ1) is 12.7. The van der Waals surface area contributed by atoms with Crippen LogP contribution in [-0.2, 0) is 22.7 Å². The lowest BCUT2D eigenvalue weighted by Gasteiger charge is -2.23. The number of hydrogen-bond acceptors (Lipinski definition) is 4. The molecule has 0 aromatic heterocycles. The predicted molar refractivity (Wildman–Crippen MR) is 101 cm³/mol. The molecule has 2 rings (SSSR count). The van der Waals surface area contributed by atoms with Crippen LogP contribution in [0.25, 0.3) is 0 Å². The molecule has 0 bridgehead atoms. The van der Waals surface area contributed by atoms with Gasteiger partial charge in [0.1, 0.15) is 0 Å². The Kier molecular flexibility index (Phi) is 8.45. The van der Waals surface area contributed by atoms with Crippen LogP contribution in [0.5, 0.6) is 0 Å². The Labute approximate surface area is 168 Å². The van der Waals surface area contributed by atoms with Gasteiger partial charge in [0.15, 0.2) is 0 Å². The van der Waals surface area contributed by atoms with Crippen molar-refractivity contribution in [2.24, 2.45) is 5.73 Å². The highest BCUT2D eigenvalue weighted by Crippen LogP contribution is 2.34. The van der Waals surface area contributed by atoms with Gasteiger partial charge in [-0.05, 0) is 36.7 Å². The van der Waals surface area contributed by atoms with Crippen molar-refractivity contribution in [1.29, 1.82) is 5.26 Å². The van der Waals surface area contributed by atoms with E-state index >= 15 is 0 Å². The third-order valence-corrected chi connectivity index (χ3v) is 5.71. The average Bonchev–Trinajstić information content (AvgIpc) is 2.64. The van der Waals surface area contributed by atoms with Gasteiger partial charge in [-0.3, -0.25) is 0 Å². The van der Waals surface area contributed by atoms with Gasteiger partial charge in [-0.2, -0.15) is 22.7 Å². The molecule has 0 aliphatic rings. The van der Waals surface area contributed by atoms with Crippen LogP contribution in [0.1, 0.15) is 23.1 Å². The number of halogens is 4. The molecule has 0 unspecified atom stereocenters. The summed E-state index contributed by atoms with van der Waals surface area (Å²) in [5.41, 5.74) is 4.26. The molecule has 28 heavy (non-hydrogen) atoms. The lowest BCUT2D eigenvalue weighted by Crippen LogP contribution is -2.33. The standard InChI is InChI=1S/C18H18F3N3O2S.ClH/c19-18(20,21)17-11-16(8-7-15(17)12-23)27(25,26)24(10-4-9-22)13-14-5-2-1-3-6-14;/h1-3,5-8,11H,4,9-10,13,22H2;1H. The fourth-order valence-corrected chi connectivity index (χ4v) is 4.00. The molecule has 0 fully saturated rings. The summed E-state index contributed by atoms with van der Waals surface area (Å²) in [5.74, 6) is 0. The van der Waals surface area contributed by atoms with Gasteiger partial charge in [0.25, 0.3) is 0 Å². The quantitative estimate of drug-likeness (QED) is 0.723. The number of nitriles is 1. The van der Waals surface area contributed by atoms with Crippen molar-refractivity contribution in [3.05, 3.63) is 65.2 Å². The number of rotatable bonds is 7. The predicted octanol–water partition coefficient (Wildman–Crippen LogP) is 3.54. The summed E-state index contributed by atoms with van der Waals surface area (Å²) >= 11 is 0. The number of alkyl halides is 3. The third kappa shape index (κ3) is 5.69. The maximum Gasteiger partial charge on any atom is 0.417 e. The number of hydrogen-bond donors (Lipinski definition) is 1. The van der Waals surface area contributed by atoms with E-state index in [9.17, 15) is 21.6 Å². The Morgan fingerprint density at radius 2 is 1.75 bits per heavy atom. The van der Waals surface area contributed by atoms with Crippen molar-refractivity contribution < 1.29 is 21.6 Å². The van der Waals surface area contributed by atoms with Crippen molar-refractivity contribution in [1.82, 2.24) is 4.31 Å². The molecule has 2 aromatic carbocycles. The summed E-state index contributed by atoms with van der Waals surface area (Å²) in [7, 11) is -4.21. The molecular weight excluding hydrogens is 415 g/mol. The summed E-state index contributed by atoms with van der Waals surface area (Å²) in [6.07, 6.45) is -4.48. The zero-order valence-corrected chi connectivity index (χ0v) is 16.3. The highest BCUT2D eigenvalue weighted by Gasteiger charge is 2.36. The molecule has 2 aromatic rings. The monoisotopic (exact) mass is 433 g/mol. The molecule has 10 heteroatoms. The van der Waals surface area contributed by atoms with E-state index in [1.165, 1.54) is 6.07 Å². The minimum absolute atomic E-state index is 0. The average molecular weight is 434 g/mol. The van der Waals surface area contributed by atoms with Crippen LogP contribution >= 0.6 is 12.4 Å². The largest absolute Gasteiger partial charge is 0.417 e. The van der Waals surface area contributed by atoms with Crippen LogP contribution in [0.15, 0.2) is 53.4 Å². The molecule has 0 aliphatic heterocycles. The normalized spacial score (nSPS) is 11.7. The van der Waals surface area contributed by atoms with E-state index in [1.807, 2.05) is 0 Å². The fraction of sp³-hybridized carbons (Fsp3) is 0.278. The Balaban J connectivity index is 0.00000392. The number of nitrogens with zero attached hydrogens (tertiary/aromatic N) is 2. The van der Waals surface area contributed by atoms with Gasteiger partial charge in [0.2, 0.25) is 10.0 Å². The van der Waals surface area contributed by atoms with Crippen LogP contribution in [0.4, 0.5) is 13.2 Å². The zero-order chi connectivity index (χ0) is 20.1. The van der Waals surface area contributed by atoms with E-state index < -0.39 is 32.2 Å². The molecule has 152 valence electrons. The summed E-state index contributed by atoms with van der Waals surface area (Å²) in [4.78, 5) is -0.512. The molecule has 0 atom stereocenters. The second kappa shape index (κ2) is 9.89. The minimum Gasteiger partial charge on any atom is -0.330 e. The Bertz CT molecular complexity index is 929. The zero-order valence-electron chi connectivity index (χ0n) is 14.7. The van der Waals surface area contributed by atoms with Gasteiger partial charge >= 0.3 is 6.18 Å². The maximum atomic E-state index is 13.2. The van der Waals surface area contributed by atoms with Gasteiger partial charge in [-0.1, -0.05) is 30.3 Å². The van der Waals surface area contributed by atoms with Crippen molar-refractivity contribution in [3.63, 3.8) is 0 Å². The number of benzene rings is 2. The maximum absolute atomic E-state index is 13.2. The molecule has 5 nitrogen and oxygen atoms in total. The molecule has 0 saturated heterocycles. The first-order valence-corrected chi connectivity index (χ1v) is 9.49. The lowest BCUT2D eigenvalue weighted by atomic mass is 10.1. The van der Waals surface area contributed by atoms with E-state index in [1.54, 1.807) is 30.3 Å². The molecule has 0 aliphatic carbocycles. The van der Waals surface area contributed by atoms with Gasteiger partial charge in [-0.15, -0.1) is 12.4 Å². The van der Waals surface area contributed by atoms with E-state index in [2.05, 4.69) is 0 Å². The molecule has 0 saturated carbocycles. The van der Waals surface area contributed by atoms with Crippen molar-refractivity contribution in [2.75, 3.05) is 13.1 Å². The summed E-state index contributed by atoms with van der Waals surface area (Å²) < 4.78 is 66.5. The summed E-state index contributed by atoms with van der Waals surface area (Å²) in [5, 5.41) is 8.87. The first-order valence-electron chi connectivity index (χ1n) is 8.05. The van der Waals surface area contributed by atoms with Gasteiger partial charge in [0.05, 0.1) is 22.1 Å². The van der Waals surface area contributed by atoms with Crippen LogP contribution in [0.2, 0.25) is 0 Å². The third-order valence-electron chi connectivity index (χ3n) is 3.87. The second-order valence-corrected chi connectivity index (χ2v) is 7.72. The van der Waals surface area contributed by atoms with Crippen LogP contribution in [0, 0.1) is 11.3 Å². The van der Waals surface area contributed by atoms with E-state index in [4.69, 9.17) is 11.0 Å². The van der Waals surface area contributed by atoms with Crippen molar-refractivity contribution in [3.8, 4) is 6.07 Å².